The molecule has 0 aromatic heterocycles. The van der Waals surface area contributed by atoms with E-state index < -0.39 is 5.97 Å². The van der Waals surface area contributed by atoms with E-state index >= 15 is 0 Å². The Balaban J connectivity index is 3.93. The van der Waals surface area contributed by atoms with Gasteiger partial charge in [0.2, 0.25) is 0 Å². The highest BCUT2D eigenvalue weighted by Crippen LogP contribution is 2.08. The Kier molecular flexibility index (Phi) is 5.60. The van der Waals surface area contributed by atoms with Gasteiger partial charge in [-0.25, -0.2) is 4.79 Å². The SMILES string of the molecule is C=C(CC(C)OC(C)=O)C(=O)OCC. The number of ether oxygens (including phenoxy) is 2. The molecule has 0 aromatic rings. The Labute approximate surface area is 83.9 Å². The summed E-state index contributed by atoms with van der Waals surface area (Å²) in [7, 11) is 0. The molecule has 0 saturated carbocycles. The molecular formula is C10H16O4. The Hall–Kier alpha value is -1.32. The quantitative estimate of drug-likeness (QED) is 0.498. The topological polar surface area (TPSA) is 52.6 Å². The van der Waals surface area contributed by atoms with Crippen LogP contribution in [-0.2, 0) is 19.1 Å². The van der Waals surface area contributed by atoms with Crippen molar-refractivity contribution in [2.24, 2.45) is 0 Å². The first kappa shape index (κ1) is 12.7. The predicted octanol–water partition coefficient (Wildman–Crippen LogP) is 1.45. The average molecular weight is 200 g/mol. The van der Waals surface area contributed by atoms with E-state index in [2.05, 4.69) is 6.58 Å². The van der Waals surface area contributed by atoms with Crippen molar-refractivity contribution in [3.8, 4) is 0 Å². The fraction of sp³-hybridized carbons (Fsp3) is 0.600. The van der Waals surface area contributed by atoms with E-state index in [0.717, 1.165) is 0 Å². The number of esters is 2. The van der Waals surface area contributed by atoms with Gasteiger partial charge < -0.3 is 9.47 Å². The summed E-state index contributed by atoms with van der Waals surface area (Å²) in [6, 6.07) is 0. The first-order valence-electron chi connectivity index (χ1n) is 4.49. The van der Waals surface area contributed by atoms with Gasteiger partial charge in [0.15, 0.2) is 0 Å². The first-order valence-corrected chi connectivity index (χ1v) is 4.49. The van der Waals surface area contributed by atoms with Crippen molar-refractivity contribution in [1.29, 1.82) is 0 Å². The van der Waals surface area contributed by atoms with E-state index in [0.29, 0.717) is 18.6 Å². The van der Waals surface area contributed by atoms with Gasteiger partial charge in [-0.3, -0.25) is 4.79 Å². The molecule has 1 atom stereocenters. The van der Waals surface area contributed by atoms with Gasteiger partial charge in [0.1, 0.15) is 6.10 Å². The van der Waals surface area contributed by atoms with Gasteiger partial charge in [0, 0.05) is 18.9 Å². The Morgan fingerprint density at radius 3 is 2.43 bits per heavy atom. The summed E-state index contributed by atoms with van der Waals surface area (Å²) < 4.78 is 9.57. The molecule has 0 radical (unpaired) electrons. The van der Waals surface area contributed by atoms with Gasteiger partial charge in [0.25, 0.3) is 0 Å². The normalized spacial score (nSPS) is 11.6. The Morgan fingerprint density at radius 2 is 2.00 bits per heavy atom. The average Bonchev–Trinajstić information content (AvgIpc) is 2.02. The summed E-state index contributed by atoms with van der Waals surface area (Å²) in [4.78, 5) is 21.7. The molecule has 0 rings (SSSR count). The molecule has 0 spiro atoms. The van der Waals surface area contributed by atoms with Crippen LogP contribution in [0.2, 0.25) is 0 Å². The summed E-state index contributed by atoms with van der Waals surface area (Å²) in [5.74, 6) is -0.805. The molecule has 0 bridgehead atoms. The number of hydrogen-bond donors (Lipinski definition) is 0. The van der Waals surface area contributed by atoms with Crippen molar-refractivity contribution in [2.45, 2.75) is 33.3 Å². The van der Waals surface area contributed by atoms with Crippen LogP contribution < -0.4 is 0 Å². The zero-order valence-electron chi connectivity index (χ0n) is 8.83. The van der Waals surface area contributed by atoms with Crippen molar-refractivity contribution >= 4 is 11.9 Å². The molecule has 0 aliphatic rings. The van der Waals surface area contributed by atoms with E-state index in [9.17, 15) is 9.59 Å². The Bertz CT molecular complexity index is 232. The third-order valence-corrected chi connectivity index (χ3v) is 1.47. The molecule has 14 heavy (non-hydrogen) atoms. The molecular weight excluding hydrogens is 184 g/mol. The number of carbonyl (C=O) groups excluding carboxylic acids is 2. The fourth-order valence-electron chi connectivity index (χ4n) is 0.988. The second-order valence-electron chi connectivity index (χ2n) is 2.95. The highest BCUT2D eigenvalue weighted by molar-refractivity contribution is 5.87. The fourth-order valence-corrected chi connectivity index (χ4v) is 0.988. The lowest BCUT2D eigenvalue weighted by Gasteiger charge is -2.12. The maximum Gasteiger partial charge on any atom is 0.333 e. The van der Waals surface area contributed by atoms with E-state index in [1.165, 1.54) is 6.92 Å². The van der Waals surface area contributed by atoms with E-state index in [-0.39, 0.29) is 12.1 Å². The smallest absolute Gasteiger partial charge is 0.333 e. The van der Waals surface area contributed by atoms with Crippen LogP contribution in [0.4, 0.5) is 0 Å². The van der Waals surface area contributed by atoms with E-state index in [1.54, 1.807) is 13.8 Å². The zero-order valence-corrected chi connectivity index (χ0v) is 8.83. The second kappa shape index (κ2) is 6.18. The summed E-state index contributed by atoms with van der Waals surface area (Å²) in [6.07, 6.45) is -0.0392. The largest absolute Gasteiger partial charge is 0.463 e. The second-order valence-corrected chi connectivity index (χ2v) is 2.95. The zero-order chi connectivity index (χ0) is 11.1. The van der Waals surface area contributed by atoms with E-state index in [4.69, 9.17) is 9.47 Å². The van der Waals surface area contributed by atoms with Crippen molar-refractivity contribution in [2.75, 3.05) is 6.61 Å². The van der Waals surface area contributed by atoms with E-state index in [1.807, 2.05) is 0 Å². The molecule has 0 heterocycles. The maximum atomic E-state index is 11.1. The number of rotatable bonds is 5. The Morgan fingerprint density at radius 1 is 1.43 bits per heavy atom. The van der Waals surface area contributed by atoms with Gasteiger partial charge >= 0.3 is 11.9 Å². The summed E-state index contributed by atoms with van der Waals surface area (Å²) in [5.41, 5.74) is 0.320. The van der Waals surface area contributed by atoms with Crippen LogP contribution in [0.25, 0.3) is 0 Å². The number of hydrogen-bond acceptors (Lipinski definition) is 4. The molecule has 0 amide bonds. The molecule has 0 fully saturated rings. The predicted molar refractivity (Wildman–Crippen MR) is 51.6 cm³/mol. The summed E-state index contributed by atoms with van der Waals surface area (Å²) in [5, 5.41) is 0. The standard InChI is InChI=1S/C10H16O4/c1-5-13-10(12)7(2)6-8(3)14-9(4)11/h8H,2,5-6H2,1,3-4H3. The minimum Gasteiger partial charge on any atom is -0.463 e. The van der Waals surface area contributed by atoms with Gasteiger partial charge in [-0.15, -0.1) is 0 Å². The lowest BCUT2D eigenvalue weighted by atomic mass is 10.1. The summed E-state index contributed by atoms with van der Waals surface area (Å²) >= 11 is 0. The monoisotopic (exact) mass is 200 g/mol. The lowest BCUT2D eigenvalue weighted by Crippen LogP contribution is -2.16. The van der Waals surface area contributed by atoms with Crippen LogP contribution in [0.5, 0.6) is 0 Å². The van der Waals surface area contributed by atoms with Crippen LogP contribution in [-0.4, -0.2) is 24.6 Å². The molecule has 0 aliphatic carbocycles. The van der Waals surface area contributed by atoms with Crippen molar-refractivity contribution in [1.82, 2.24) is 0 Å². The third-order valence-electron chi connectivity index (χ3n) is 1.47. The molecule has 0 aromatic carbocycles. The first-order chi connectivity index (χ1) is 6.47. The minimum absolute atomic E-state index is 0.304. The lowest BCUT2D eigenvalue weighted by molar-refractivity contribution is -0.146. The molecule has 4 nitrogen and oxygen atoms in total. The van der Waals surface area contributed by atoms with Crippen molar-refractivity contribution in [3.05, 3.63) is 12.2 Å². The maximum absolute atomic E-state index is 11.1. The number of carbonyl (C=O) groups is 2. The molecule has 1 unspecified atom stereocenters. The molecule has 80 valence electrons. The van der Waals surface area contributed by atoms with Gasteiger partial charge in [-0.2, -0.15) is 0 Å². The highest BCUT2D eigenvalue weighted by atomic mass is 16.5. The van der Waals surface area contributed by atoms with Crippen LogP contribution in [0.15, 0.2) is 12.2 Å². The van der Waals surface area contributed by atoms with Crippen LogP contribution in [0.1, 0.15) is 27.2 Å². The van der Waals surface area contributed by atoms with Gasteiger partial charge in [0.05, 0.1) is 6.61 Å². The molecule has 0 saturated heterocycles. The highest BCUT2D eigenvalue weighted by Gasteiger charge is 2.13. The summed E-state index contributed by atoms with van der Waals surface area (Å²) in [6.45, 7) is 8.62. The minimum atomic E-state index is -0.438. The van der Waals surface area contributed by atoms with Gasteiger partial charge in [-0.05, 0) is 13.8 Å². The third kappa shape index (κ3) is 5.35. The van der Waals surface area contributed by atoms with Crippen molar-refractivity contribution in [3.63, 3.8) is 0 Å². The van der Waals surface area contributed by atoms with Crippen molar-refractivity contribution < 1.29 is 19.1 Å². The molecule has 0 aliphatic heterocycles. The van der Waals surface area contributed by atoms with Crippen LogP contribution in [0, 0.1) is 0 Å². The van der Waals surface area contributed by atoms with Gasteiger partial charge in [-0.1, -0.05) is 6.58 Å². The van der Waals surface area contributed by atoms with Crippen LogP contribution in [0.3, 0.4) is 0 Å². The molecule has 4 heteroatoms. The van der Waals surface area contributed by atoms with Crippen LogP contribution >= 0.6 is 0 Å². The molecule has 0 N–H and O–H groups in total.